The van der Waals surface area contributed by atoms with E-state index in [9.17, 15) is 37.5 Å². The maximum Gasteiger partial charge on any atom is 0.341 e. The van der Waals surface area contributed by atoms with Gasteiger partial charge in [-0.3, -0.25) is 9.59 Å². The number of carbonyl (C=O) groups excluding carboxylic acids is 4. The molecule has 0 saturated carbocycles. The first-order chi connectivity index (χ1) is 16.6. The number of carboxylic acid groups (broad SMARTS) is 1. The zero-order chi connectivity index (χ0) is 26.7. The number of urea groups is 2. The minimum Gasteiger partial charge on any atom is -0.480 e. The van der Waals surface area contributed by atoms with E-state index in [1.54, 1.807) is 20.8 Å². The summed E-state index contributed by atoms with van der Waals surface area (Å²) in [7, 11) is -3.89. The quantitative estimate of drug-likeness (QED) is 0.373. The number of aliphatic carboxylic acids is 1. The van der Waals surface area contributed by atoms with E-state index in [2.05, 4.69) is 15.8 Å². The molecule has 6 amide bonds. The normalized spacial score (nSPS) is 25.9. The Kier molecular flexibility index (Phi) is 6.19. The number of β-lactam (4-membered cyclic amide) rings is 1. The van der Waals surface area contributed by atoms with Crippen molar-refractivity contribution in [1.82, 2.24) is 29.9 Å². The van der Waals surface area contributed by atoms with E-state index in [0.717, 1.165) is 6.26 Å². The van der Waals surface area contributed by atoms with Gasteiger partial charge in [0.25, 0.3) is 0 Å². The number of fused-ring (bicyclic) bond motifs is 1. The van der Waals surface area contributed by atoms with Crippen LogP contribution in [0.3, 0.4) is 0 Å². The number of carbonyl (C=O) groups is 5. The third-order valence-electron chi connectivity index (χ3n) is 6.06. The molecule has 1 unspecified atom stereocenters. The summed E-state index contributed by atoms with van der Waals surface area (Å²) in [5.74, 6) is -2.27. The van der Waals surface area contributed by atoms with Gasteiger partial charge in [-0.05, 0) is 20.8 Å². The second kappa shape index (κ2) is 8.65. The molecular weight excluding hydrogens is 520 g/mol. The van der Waals surface area contributed by atoms with Gasteiger partial charge in [0.1, 0.15) is 28.9 Å². The molecule has 3 aliphatic heterocycles. The molecule has 4 heterocycles. The van der Waals surface area contributed by atoms with Crippen LogP contribution in [0.15, 0.2) is 10.6 Å². The summed E-state index contributed by atoms with van der Waals surface area (Å²) in [5.41, 5.74) is -0.0172. The maximum atomic E-state index is 13.2. The smallest absolute Gasteiger partial charge is 0.341 e. The van der Waals surface area contributed by atoms with Crippen LogP contribution < -0.4 is 10.6 Å². The van der Waals surface area contributed by atoms with Gasteiger partial charge < -0.3 is 25.2 Å². The summed E-state index contributed by atoms with van der Waals surface area (Å²) in [6, 6.07) is -4.35. The average molecular weight is 545 g/mol. The molecule has 0 aliphatic carbocycles. The molecule has 0 spiro atoms. The molecule has 3 saturated heterocycles. The summed E-state index contributed by atoms with van der Waals surface area (Å²) in [4.78, 5) is 64.7. The molecule has 15 nitrogen and oxygen atoms in total. The molecule has 0 aromatic carbocycles. The van der Waals surface area contributed by atoms with Crippen molar-refractivity contribution in [1.29, 1.82) is 0 Å². The fourth-order valence-corrected chi connectivity index (χ4v) is 6.81. The summed E-state index contributed by atoms with van der Waals surface area (Å²) in [6.45, 7) is 4.46. The first-order valence-corrected chi connectivity index (χ1v) is 13.4. The number of aryl methyl sites for hydroxylation is 1. The minimum atomic E-state index is -3.89. The third kappa shape index (κ3) is 4.25. The number of imide groups is 1. The number of nitrogens with one attached hydrogen (secondary N) is 2. The SMILES string of the molecule is Cc1cc(C(NC(=O)N2CCN(S(C)(=O)=O)C2=O)C(=O)N[C@@H]2C(=O)N3[C@@H]2SC(C)(C)[C@@H]3C(=O)O)no1. The van der Waals surface area contributed by atoms with E-state index < -0.39 is 68.1 Å². The third-order valence-corrected chi connectivity index (χ3v) is 8.77. The molecule has 3 N–H and O–H groups in total. The van der Waals surface area contributed by atoms with E-state index >= 15 is 0 Å². The van der Waals surface area contributed by atoms with Crippen molar-refractivity contribution in [3.8, 4) is 0 Å². The molecule has 0 radical (unpaired) electrons. The Labute approximate surface area is 209 Å². The van der Waals surface area contributed by atoms with E-state index in [0.29, 0.717) is 15.0 Å². The lowest BCUT2D eigenvalue weighted by atomic mass is 9.96. The second-order valence-electron chi connectivity index (χ2n) is 9.10. The summed E-state index contributed by atoms with van der Waals surface area (Å²) in [6.07, 6.45) is 0.830. The number of nitrogens with zero attached hydrogens (tertiary/aromatic N) is 4. The Morgan fingerprint density at radius 1 is 1.28 bits per heavy atom. The van der Waals surface area contributed by atoms with Crippen molar-refractivity contribution in [3.05, 3.63) is 17.5 Å². The summed E-state index contributed by atoms with van der Waals surface area (Å²) >= 11 is 1.23. The largest absolute Gasteiger partial charge is 0.480 e. The molecule has 4 rings (SSSR count). The van der Waals surface area contributed by atoms with Gasteiger partial charge in [0.15, 0.2) is 6.04 Å². The minimum absolute atomic E-state index is 0.0172. The molecule has 196 valence electrons. The van der Waals surface area contributed by atoms with Crippen LogP contribution in [0.2, 0.25) is 0 Å². The van der Waals surface area contributed by atoms with Gasteiger partial charge in [-0.25, -0.2) is 32.0 Å². The van der Waals surface area contributed by atoms with Gasteiger partial charge in [0.2, 0.25) is 21.8 Å². The fraction of sp³-hybridized carbons (Fsp3) is 0.579. The van der Waals surface area contributed by atoms with Crippen LogP contribution in [0.1, 0.15) is 31.3 Å². The number of hydrogen-bond acceptors (Lipinski definition) is 10. The van der Waals surface area contributed by atoms with Crippen molar-refractivity contribution >= 4 is 51.6 Å². The molecule has 3 aliphatic rings. The number of carboxylic acids is 1. The number of hydrogen-bond donors (Lipinski definition) is 3. The van der Waals surface area contributed by atoms with Crippen LogP contribution in [0.25, 0.3) is 0 Å². The van der Waals surface area contributed by atoms with Crippen LogP contribution >= 0.6 is 11.8 Å². The van der Waals surface area contributed by atoms with Gasteiger partial charge in [-0.2, -0.15) is 0 Å². The van der Waals surface area contributed by atoms with Crippen LogP contribution in [0.4, 0.5) is 9.59 Å². The monoisotopic (exact) mass is 544 g/mol. The molecule has 3 fully saturated rings. The van der Waals surface area contributed by atoms with Gasteiger partial charge in [-0.15, -0.1) is 11.8 Å². The maximum absolute atomic E-state index is 13.2. The van der Waals surface area contributed by atoms with Gasteiger partial charge in [-0.1, -0.05) is 5.16 Å². The van der Waals surface area contributed by atoms with Crippen LogP contribution in [-0.4, -0.2) is 104 Å². The highest BCUT2D eigenvalue weighted by Gasteiger charge is 2.64. The first kappa shape index (κ1) is 25.7. The van der Waals surface area contributed by atoms with Crippen LogP contribution in [0.5, 0.6) is 0 Å². The Balaban J connectivity index is 1.51. The number of amides is 6. The van der Waals surface area contributed by atoms with Crippen molar-refractivity contribution in [2.45, 2.75) is 49.0 Å². The van der Waals surface area contributed by atoms with Crippen molar-refractivity contribution < 1.29 is 42.0 Å². The number of aromatic nitrogens is 1. The molecule has 36 heavy (non-hydrogen) atoms. The van der Waals surface area contributed by atoms with Crippen LogP contribution in [0, 0.1) is 6.92 Å². The Morgan fingerprint density at radius 3 is 2.47 bits per heavy atom. The van der Waals surface area contributed by atoms with E-state index in [1.165, 1.54) is 22.7 Å². The number of rotatable bonds is 6. The highest BCUT2D eigenvalue weighted by Crippen LogP contribution is 2.50. The van der Waals surface area contributed by atoms with E-state index in [-0.39, 0.29) is 18.8 Å². The molecule has 17 heteroatoms. The Bertz CT molecular complexity index is 1260. The molecular formula is C19H24N6O9S2. The van der Waals surface area contributed by atoms with E-state index in [1.807, 2.05) is 0 Å². The fourth-order valence-electron chi connectivity index (χ4n) is 4.39. The number of sulfonamides is 1. The topological polar surface area (TPSA) is 200 Å². The molecule has 0 bridgehead atoms. The molecule has 4 atom stereocenters. The lowest BCUT2D eigenvalue weighted by Crippen LogP contribution is -2.71. The number of thioether (sulfide) groups is 1. The highest BCUT2D eigenvalue weighted by molar-refractivity contribution is 8.01. The average Bonchev–Trinajstić information content (AvgIpc) is 3.43. The lowest BCUT2D eigenvalue weighted by Gasteiger charge is -2.43. The second-order valence-corrected chi connectivity index (χ2v) is 12.8. The van der Waals surface area contributed by atoms with Gasteiger partial charge in [0.05, 0.1) is 19.3 Å². The van der Waals surface area contributed by atoms with E-state index in [4.69, 9.17) is 4.52 Å². The predicted octanol–water partition coefficient (Wildman–Crippen LogP) is -0.937. The molecule has 1 aromatic rings. The molecule has 1 aromatic heterocycles. The predicted molar refractivity (Wildman–Crippen MR) is 122 cm³/mol. The van der Waals surface area contributed by atoms with Crippen molar-refractivity contribution in [2.24, 2.45) is 0 Å². The Morgan fingerprint density at radius 2 is 1.94 bits per heavy atom. The first-order valence-electron chi connectivity index (χ1n) is 10.7. The zero-order valence-electron chi connectivity index (χ0n) is 19.6. The highest BCUT2D eigenvalue weighted by atomic mass is 32.2. The standard InChI is InChI=1S/C19H24N6O9S2/c1-8-7-9(22-34-8)10(21-17(30)23-5-6-24(18(23)31)36(4,32)33)13(26)20-11-14(27)25-12(16(28)29)19(2,3)35-15(11)25/h7,10-12,15H,5-6H2,1-4H3,(H,20,26)(H,21,30)(H,28,29)/t10?,11-,12+,15-/m1/s1. The summed E-state index contributed by atoms with van der Waals surface area (Å²) < 4.78 is 28.2. The zero-order valence-corrected chi connectivity index (χ0v) is 21.3. The lowest BCUT2D eigenvalue weighted by molar-refractivity contribution is -0.161. The van der Waals surface area contributed by atoms with Crippen LogP contribution in [-0.2, 0) is 24.4 Å². The van der Waals surface area contributed by atoms with Crippen molar-refractivity contribution in [2.75, 3.05) is 19.3 Å². The Hall–Kier alpha value is -3.34. The van der Waals surface area contributed by atoms with Crippen molar-refractivity contribution in [3.63, 3.8) is 0 Å². The van der Waals surface area contributed by atoms with Gasteiger partial charge >= 0.3 is 18.0 Å². The summed E-state index contributed by atoms with van der Waals surface area (Å²) in [5, 5.41) is 17.6. The van der Waals surface area contributed by atoms with Gasteiger partial charge in [0, 0.05) is 10.8 Å².